The van der Waals surface area contributed by atoms with Gasteiger partial charge >= 0.3 is 0 Å². The molecule has 1 aromatic heterocycles. The minimum Gasteiger partial charge on any atom is -0.493 e. The molecule has 0 fully saturated rings. The summed E-state index contributed by atoms with van der Waals surface area (Å²) in [5.41, 5.74) is 1.04. The number of ether oxygens (including phenoxy) is 1. The number of aromatic nitrogens is 2. The maximum atomic E-state index is 13.2. The van der Waals surface area contributed by atoms with Gasteiger partial charge in [0.2, 0.25) is 0 Å². The molecule has 0 aliphatic heterocycles. The van der Waals surface area contributed by atoms with Gasteiger partial charge in [0.25, 0.3) is 5.56 Å². The lowest BCUT2D eigenvalue weighted by Crippen LogP contribution is -2.29. The van der Waals surface area contributed by atoms with Crippen molar-refractivity contribution in [2.45, 2.75) is 47.0 Å². The Labute approximate surface area is 185 Å². The van der Waals surface area contributed by atoms with Gasteiger partial charge in [-0.2, -0.15) is 9.78 Å². The molecule has 0 spiro atoms. The number of halogens is 1. The van der Waals surface area contributed by atoms with Gasteiger partial charge in [-0.05, 0) is 41.3 Å². The largest absolute Gasteiger partial charge is 0.493 e. The molecule has 0 aliphatic carbocycles. The average molecular weight is 470 g/mol. The first-order chi connectivity index (χ1) is 13.9. The molecule has 30 heavy (non-hydrogen) atoms. The number of benzene rings is 2. The van der Waals surface area contributed by atoms with Crippen molar-refractivity contribution in [1.82, 2.24) is 9.66 Å². The predicted octanol–water partition coefficient (Wildman–Crippen LogP) is 5.76. The molecule has 0 saturated heterocycles. The molecule has 158 valence electrons. The van der Waals surface area contributed by atoms with E-state index in [2.05, 4.69) is 41.8 Å². The highest BCUT2D eigenvalue weighted by Gasteiger charge is 2.22. The summed E-state index contributed by atoms with van der Waals surface area (Å²) < 4.78 is 8.12. The maximum Gasteiger partial charge on any atom is 0.282 e. The van der Waals surface area contributed by atoms with E-state index in [0.717, 1.165) is 15.8 Å². The number of fused-ring (bicyclic) bond motifs is 1. The molecule has 0 aliphatic rings. The molecular weight excluding hydrogens is 442 g/mol. The van der Waals surface area contributed by atoms with Gasteiger partial charge in [0, 0.05) is 9.89 Å². The summed E-state index contributed by atoms with van der Waals surface area (Å²) >= 11 is 3.43. The maximum absolute atomic E-state index is 13.2. The molecule has 0 N–H and O–H groups in total. The van der Waals surface area contributed by atoms with Crippen LogP contribution in [-0.4, -0.2) is 22.5 Å². The second-order valence-electron chi connectivity index (χ2n) is 9.63. The van der Waals surface area contributed by atoms with Crippen LogP contribution in [0.2, 0.25) is 0 Å². The van der Waals surface area contributed by atoms with Crippen LogP contribution < -0.4 is 10.3 Å². The zero-order valence-electron chi connectivity index (χ0n) is 18.4. The van der Waals surface area contributed by atoms with Crippen molar-refractivity contribution in [2.24, 2.45) is 10.5 Å². The van der Waals surface area contributed by atoms with Crippen molar-refractivity contribution in [3.63, 3.8) is 0 Å². The molecule has 1 heterocycles. The Balaban J connectivity index is 2.03. The van der Waals surface area contributed by atoms with E-state index >= 15 is 0 Å². The number of hydrogen-bond donors (Lipinski definition) is 0. The van der Waals surface area contributed by atoms with Crippen LogP contribution in [0.4, 0.5) is 0 Å². The first kappa shape index (κ1) is 22.2. The third kappa shape index (κ3) is 5.36. The van der Waals surface area contributed by atoms with Crippen molar-refractivity contribution < 1.29 is 4.74 Å². The standard InChI is InChI=1S/C24H28BrN3O2/c1-23(2,3)15-30-18-9-7-8-16(12-18)14-26-28-21(29)19-13-17(25)10-11-20(19)27-22(28)24(4,5)6/h7-14H,15H2,1-6H3. The Hall–Kier alpha value is -2.47. The second-order valence-corrected chi connectivity index (χ2v) is 10.5. The molecule has 0 saturated carbocycles. The van der Waals surface area contributed by atoms with Crippen LogP contribution in [0.3, 0.4) is 0 Å². The second kappa shape index (κ2) is 8.34. The van der Waals surface area contributed by atoms with Gasteiger partial charge in [0.1, 0.15) is 11.6 Å². The van der Waals surface area contributed by atoms with E-state index in [9.17, 15) is 4.79 Å². The van der Waals surface area contributed by atoms with Gasteiger partial charge in [-0.1, -0.05) is 69.6 Å². The number of rotatable bonds is 4. The highest BCUT2D eigenvalue weighted by molar-refractivity contribution is 9.10. The van der Waals surface area contributed by atoms with Crippen LogP contribution in [0, 0.1) is 5.41 Å². The molecule has 2 aromatic carbocycles. The molecule has 5 nitrogen and oxygen atoms in total. The van der Waals surface area contributed by atoms with Crippen LogP contribution >= 0.6 is 15.9 Å². The van der Waals surface area contributed by atoms with E-state index in [-0.39, 0.29) is 16.4 Å². The monoisotopic (exact) mass is 469 g/mol. The van der Waals surface area contributed by atoms with Gasteiger partial charge < -0.3 is 4.74 Å². The quantitative estimate of drug-likeness (QED) is 0.456. The SMILES string of the molecule is CC(C)(C)COc1cccc(C=Nn2c(C(C)(C)C)nc3ccc(Br)cc3c2=O)c1. The normalized spacial score (nSPS) is 12.6. The van der Waals surface area contributed by atoms with Gasteiger partial charge in [-0.15, -0.1) is 0 Å². The summed E-state index contributed by atoms with van der Waals surface area (Å²) in [6, 6.07) is 13.2. The Morgan fingerprint density at radius 1 is 1.10 bits per heavy atom. The first-order valence-electron chi connectivity index (χ1n) is 9.94. The Morgan fingerprint density at radius 2 is 1.83 bits per heavy atom. The van der Waals surface area contributed by atoms with Crippen molar-refractivity contribution in [1.29, 1.82) is 0 Å². The Kier molecular flexibility index (Phi) is 6.18. The summed E-state index contributed by atoms with van der Waals surface area (Å²) in [6.45, 7) is 13.1. The van der Waals surface area contributed by atoms with E-state index in [0.29, 0.717) is 23.3 Å². The molecule has 3 rings (SSSR count). The zero-order valence-corrected chi connectivity index (χ0v) is 19.9. The summed E-state index contributed by atoms with van der Waals surface area (Å²) in [5.74, 6) is 1.39. The van der Waals surface area contributed by atoms with Gasteiger partial charge in [-0.25, -0.2) is 4.98 Å². The van der Waals surface area contributed by atoms with Crippen LogP contribution in [0.15, 0.2) is 56.8 Å². The molecule has 0 atom stereocenters. The molecule has 3 aromatic rings. The molecule has 0 amide bonds. The smallest absolute Gasteiger partial charge is 0.282 e. The Bertz CT molecular complexity index is 1150. The van der Waals surface area contributed by atoms with Crippen molar-refractivity contribution in [2.75, 3.05) is 6.61 Å². The lowest BCUT2D eigenvalue weighted by atomic mass is 9.95. The van der Waals surface area contributed by atoms with Crippen molar-refractivity contribution >= 4 is 33.0 Å². The van der Waals surface area contributed by atoms with Crippen LogP contribution in [0.1, 0.15) is 52.9 Å². The predicted molar refractivity (Wildman–Crippen MR) is 127 cm³/mol. The highest BCUT2D eigenvalue weighted by atomic mass is 79.9. The fraction of sp³-hybridized carbons (Fsp3) is 0.375. The summed E-state index contributed by atoms with van der Waals surface area (Å²) in [5, 5.41) is 5.04. The first-order valence-corrected chi connectivity index (χ1v) is 10.7. The third-order valence-corrected chi connectivity index (χ3v) is 4.82. The fourth-order valence-corrected chi connectivity index (χ4v) is 3.21. The van der Waals surface area contributed by atoms with E-state index in [1.54, 1.807) is 12.3 Å². The summed E-state index contributed by atoms with van der Waals surface area (Å²) in [7, 11) is 0. The van der Waals surface area contributed by atoms with E-state index in [4.69, 9.17) is 9.72 Å². The minimum absolute atomic E-state index is 0.0735. The van der Waals surface area contributed by atoms with E-state index in [1.165, 1.54) is 4.68 Å². The molecular formula is C24H28BrN3O2. The van der Waals surface area contributed by atoms with Crippen LogP contribution in [0.25, 0.3) is 10.9 Å². The van der Waals surface area contributed by atoms with Crippen LogP contribution in [0.5, 0.6) is 5.75 Å². The molecule has 0 radical (unpaired) electrons. The topological polar surface area (TPSA) is 56.5 Å². The Morgan fingerprint density at radius 3 is 2.50 bits per heavy atom. The zero-order chi connectivity index (χ0) is 22.1. The molecule has 0 unspecified atom stereocenters. The van der Waals surface area contributed by atoms with Crippen LogP contribution in [-0.2, 0) is 5.41 Å². The minimum atomic E-state index is -0.352. The fourth-order valence-electron chi connectivity index (χ4n) is 2.85. The number of hydrogen-bond acceptors (Lipinski definition) is 4. The average Bonchev–Trinajstić information content (AvgIpc) is 2.65. The van der Waals surface area contributed by atoms with Crippen molar-refractivity contribution in [3.8, 4) is 5.75 Å². The highest BCUT2D eigenvalue weighted by Crippen LogP contribution is 2.23. The van der Waals surface area contributed by atoms with Gasteiger partial charge in [0.15, 0.2) is 0 Å². The summed E-state index contributed by atoms with van der Waals surface area (Å²) in [4.78, 5) is 18.0. The lowest BCUT2D eigenvalue weighted by Gasteiger charge is -2.21. The molecule has 0 bridgehead atoms. The molecule has 6 heteroatoms. The van der Waals surface area contributed by atoms with Gasteiger partial charge in [0.05, 0.1) is 23.7 Å². The van der Waals surface area contributed by atoms with E-state index in [1.807, 2.05) is 57.2 Å². The number of nitrogens with zero attached hydrogens (tertiary/aromatic N) is 3. The van der Waals surface area contributed by atoms with Crippen molar-refractivity contribution in [3.05, 3.63) is 68.7 Å². The van der Waals surface area contributed by atoms with Gasteiger partial charge in [-0.3, -0.25) is 4.79 Å². The van der Waals surface area contributed by atoms with E-state index < -0.39 is 0 Å². The lowest BCUT2D eigenvalue weighted by molar-refractivity contribution is 0.198. The third-order valence-electron chi connectivity index (χ3n) is 4.33. The summed E-state index contributed by atoms with van der Waals surface area (Å²) in [6.07, 6.45) is 1.67.